The van der Waals surface area contributed by atoms with Crippen LogP contribution in [-0.2, 0) is 5.41 Å². The van der Waals surface area contributed by atoms with Crippen molar-refractivity contribution in [2.45, 2.75) is 33.1 Å². The SMILES string of the molecule is C=C(Nc1ccc2ccccc2c1-c1cc(C)cc(C(C)(C)C)c1O)c1ccccc1. The second kappa shape index (κ2) is 7.96. The third-order valence-electron chi connectivity index (χ3n) is 5.67. The Kier molecular flexibility index (Phi) is 5.32. The predicted molar refractivity (Wildman–Crippen MR) is 134 cm³/mol. The lowest BCUT2D eigenvalue weighted by Gasteiger charge is -2.24. The first-order chi connectivity index (χ1) is 14.8. The van der Waals surface area contributed by atoms with E-state index in [1.165, 1.54) is 0 Å². The Bertz CT molecular complexity index is 1260. The quantitative estimate of drug-likeness (QED) is 0.360. The highest BCUT2D eigenvalue weighted by Crippen LogP contribution is 2.45. The molecule has 0 unspecified atom stereocenters. The zero-order chi connectivity index (χ0) is 22.2. The van der Waals surface area contributed by atoms with E-state index in [2.05, 4.69) is 76.0 Å². The fourth-order valence-electron chi connectivity index (χ4n) is 4.08. The summed E-state index contributed by atoms with van der Waals surface area (Å²) in [5.41, 5.74) is 6.50. The summed E-state index contributed by atoms with van der Waals surface area (Å²) in [4.78, 5) is 0. The van der Waals surface area contributed by atoms with Crippen LogP contribution in [0.5, 0.6) is 5.75 Å². The number of rotatable bonds is 4. The highest BCUT2D eigenvalue weighted by Gasteiger charge is 2.23. The summed E-state index contributed by atoms with van der Waals surface area (Å²) < 4.78 is 0. The van der Waals surface area contributed by atoms with E-state index >= 15 is 0 Å². The van der Waals surface area contributed by atoms with Gasteiger partial charge in [0.05, 0.1) is 0 Å². The van der Waals surface area contributed by atoms with Gasteiger partial charge in [0, 0.05) is 28.1 Å². The molecule has 0 spiro atoms. The predicted octanol–water partition coefficient (Wildman–Crippen LogP) is 7.90. The van der Waals surface area contributed by atoms with Crippen LogP contribution in [0.2, 0.25) is 0 Å². The molecule has 0 saturated heterocycles. The van der Waals surface area contributed by atoms with Crippen LogP contribution in [0.3, 0.4) is 0 Å². The molecule has 156 valence electrons. The molecule has 31 heavy (non-hydrogen) atoms. The van der Waals surface area contributed by atoms with Crippen LogP contribution in [0.15, 0.2) is 85.4 Å². The van der Waals surface area contributed by atoms with Gasteiger partial charge in [0.1, 0.15) is 5.75 Å². The summed E-state index contributed by atoms with van der Waals surface area (Å²) in [6.07, 6.45) is 0. The van der Waals surface area contributed by atoms with Crippen LogP contribution in [-0.4, -0.2) is 5.11 Å². The summed E-state index contributed by atoms with van der Waals surface area (Å²) in [5.74, 6) is 0.336. The van der Waals surface area contributed by atoms with E-state index < -0.39 is 0 Å². The number of hydrogen-bond donors (Lipinski definition) is 2. The molecule has 0 saturated carbocycles. The maximum atomic E-state index is 11.4. The van der Waals surface area contributed by atoms with Crippen LogP contribution >= 0.6 is 0 Å². The van der Waals surface area contributed by atoms with Gasteiger partial charge in [0.15, 0.2) is 0 Å². The minimum atomic E-state index is -0.170. The average molecular weight is 408 g/mol. The molecular formula is C29H29NO. The van der Waals surface area contributed by atoms with E-state index in [1.54, 1.807) is 0 Å². The molecule has 0 radical (unpaired) electrons. The van der Waals surface area contributed by atoms with Crippen LogP contribution in [0.4, 0.5) is 5.69 Å². The molecule has 0 aromatic heterocycles. The van der Waals surface area contributed by atoms with Crippen LogP contribution < -0.4 is 5.32 Å². The smallest absolute Gasteiger partial charge is 0.127 e. The van der Waals surface area contributed by atoms with Crippen LogP contribution in [0.25, 0.3) is 27.6 Å². The number of aryl methyl sites for hydroxylation is 1. The van der Waals surface area contributed by atoms with Gasteiger partial charge in [0.2, 0.25) is 0 Å². The van der Waals surface area contributed by atoms with E-state index in [9.17, 15) is 5.11 Å². The first-order valence-electron chi connectivity index (χ1n) is 10.6. The molecule has 4 rings (SSSR count). The maximum Gasteiger partial charge on any atom is 0.127 e. The highest BCUT2D eigenvalue weighted by molar-refractivity contribution is 6.05. The molecule has 0 aliphatic carbocycles. The molecule has 0 aliphatic rings. The van der Waals surface area contributed by atoms with E-state index in [0.717, 1.165) is 50.0 Å². The van der Waals surface area contributed by atoms with Crippen molar-refractivity contribution in [1.29, 1.82) is 0 Å². The van der Waals surface area contributed by atoms with Crippen molar-refractivity contribution in [3.05, 3.63) is 102 Å². The first-order valence-corrected chi connectivity index (χ1v) is 10.6. The molecule has 2 N–H and O–H groups in total. The first kappa shape index (κ1) is 20.7. The molecule has 0 heterocycles. The van der Waals surface area contributed by atoms with Gasteiger partial charge in [-0.2, -0.15) is 0 Å². The molecular weight excluding hydrogens is 378 g/mol. The Morgan fingerprint density at radius 3 is 2.26 bits per heavy atom. The second-order valence-corrected chi connectivity index (χ2v) is 9.14. The number of fused-ring (bicyclic) bond motifs is 1. The lowest BCUT2D eigenvalue weighted by Crippen LogP contribution is -2.12. The number of phenols is 1. The van der Waals surface area contributed by atoms with E-state index in [4.69, 9.17) is 0 Å². The van der Waals surface area contributed by atoms with Crippen molar-refractivity contribution in [1.82, 2.24) is 0 Å². The minimum Gasteiger partial charge on any atom is -0.507 e. The molecule has 2 heteroatoms. The number of nitrogens with one attached hydrogen (secondary N) is 1. The Balaban J connectivity index is 1.96. The largest absolute Gasteiger partial charge is 0.507 e. The molecule has 0 fully saturated rings. The van der Waals surface area contributed by atoms with Gasteiger partial charge in [0.25, 0.3) is 0 Å². The third kappa shape index (κ3) is 4.06. The Morgan fingerprint density at radius 2 is 1.55 bits per heavy atom. The van der Waals surface area contributed by atoms with Crippen LogP contribution in [0, 0.1) is 6.92 Å². The lowest BCUT2D eigenvalue weighted by molar-refractivity contribution is 0.448. The summed E-state index contributed by atoms with van der Waals surface area (Å²) in [6, 6.07) is 26.7. The number of benzene rings is 4. The van der Waals surface area contributed by atoms with Crippen molar-refractivity contribution in [3.63, 3.8) is 0 Å². The fourth-order valence-corrected chi connectivity index (χ4v) is 4.08. The van der Waals surface area contributed by atoms with E-state index in [1.807, 2.05) is 42.5 Å². The molecule has 4 aromatic rings. The Labute approximate surface area is 184 Å². The highest BCUT2D eigenvalue weighted by atomic mass is 16.3. The zero-order valence-electron chi connectivity index (χ0n) is 18.7. The molecule has 4 aromatic carbocycles. The molecule has 0 aliphatic heterocycles. The van der Waals surface area contributed by atoms with Gasteiger partial charge in [-0.1, -0.05) is 94.1 Å². The normalized spacial score (nSPS) is 11.5. The van der Waals surface area contributed by atoms with Crippen molar-refractivity contribution >= 4 is 22.2 Å². The minimum absolute atomic E-state index is 0.170. The lowest BCUT2D eigenvalue weighted by atomic mass is 9.82. The average Bonchev–Trinajstić information content (AvgIpc) is 2.75. The Morgan fingerprint density at radius 1 is 0.871 bits per heavy atom. The monoisotopic (exact) mass is 407 g/mol. The van der Waals surface area contributed by atoms with Gasteiger partial charge in [-0.05, 0) is 46.4 Å². The van der Waals surface area contributed by atoms with Gasteiger partial charge in [-0.3, -0.25) is 0 Å². The van der Waals surface area contributed by atoms with Crippen LogP contribution in [0.1, 0.15) is 37.5 Å². The van der Waals surface area contributed by atoms with Gasteiger partial charge in [-0.15, -0.1) is 0 Å². The number of hydrogen-bond acceptors (Lipinski definition) is 2. The fraction of sp³-hybridized carbons (Fsp3) is 0.172. The van der Waals surface area contributed by atoms with Crippen molar-refractivity contribution in [2.24, 2.45) is 0 Å². The topological polar surface area (TPSA) is 32.3 Å². The second-order valence-electron chi connectivity index (χ2n) is 9.14. The standard InChI is InChI=1S/C29H29NO/c1-19-17-24(28(31)25(18-19)29(3,4)5)27-23-14-10-9-13-22(23)15-16-26(27)30-20(2)21-11-7-6-8-12-21/h6-18,30-31H,2H2,1,3-5H3. The molecule has 2 nitrogen and oxygen atoms in total. The number of aromatic hydroxyl groups is 1. The molecule has 0 atom stereocenters. The summed E-state index contributed by atoms with van der Waals surface area (Å²) in [7, 11) is 0. The molecule has 0 bridgehead atoms. The van der Waals surface area contributed by atoms with Crippen molar-refractivity contribution in [3.8, 4) is 16.9 Å². The molecule has 0 amide bonds. The third-order valence-corrected chi connectivity index (χ3v) is 5.67. The summed E-state index contributed by atoms with van der Waals surface area (Å²) in [5, 5.41) is 17.1. The van der Waals surface area contributed by atoms with Crippen molar-refractivity contribution < 1.29 is 5.11 Å². The summed E-state index contributed by atoms with van der Waals surface area (Å²) >= 11 is 0. The van der Waals surface area contributed by atoms with E-state index in [-0.39, 0.29) is 5.41 Å². The van der Waals surface area contributed by atoms with Gasteiger partial charge < -0.3 is 10.4 Å². The number of anilines is 1. The zero-order valence-corrected chi connectivity index (χ0v) is 18.7. The Hall–Kier alpha value is -3.52. The van der Waals surface area contributed by atoms with Crippen molar-refractivity contribution in [2.75, 3.05) is 5.32 Å². The van der Waals surface area contributed by atoms with Gasteiger partial charge >= 0.3 is 0 Å². The number of phenolic OH excluding ortho intramolecular Hbond substituents is 1. The van der Waals surface area contributed by atoms with E-state index in [0.29, 0.717) is 5.75 Å². The van der Waals surface area contributed by atoms with Gasteiger partial charge in [-0.25, -0.2) is 0 Å². The summed E-state index contributed by atoms with van der Waals surface area (Å²) in [6.45, 7) is 12.7. The maximum absolute atomic E-state index is 11.4.